The summed E-state index contributed by atoms with van der Waals surface area (Å²) in [7, 11) is 0. The molecule has 2 N–H and O–H groups in total. The summed E-state index contributed by atoms with van der Waals surface area (Å²) in [6, 6.07) is 12.3. The van der Waals surface area contributed by atoms with Gasteiger partial charge in [0.2, 0.25) is 6.79 Å². The molecule has 0 atom stereocenters. The van der Waals surface area contributed by atoms with E-state index in [2.05, 4.69) is 15.5 Å². The molecule has 2 aliphatic heterocycles. The third kappa shape index (κ3) is 5.25. The molecule has 2 aliphatic rings. The van der Waals surface area contributed by atoms with Gasteiger partial charge in [-0.15, -0.1) is 0 Å². The van der Waals surface area contributed by atoms with Gasteiger partial charge in [0.25, 0.3) is 11.8 Å². The van der Waals surface area contributed by atoms with Crippen molar-refractivity contribution in [3.63, 3.8) is 0 Å². The van der Waals surface area contributed by atoms with Crippen molar-refractivity contribution in [2.45, 2.75) is 12.8 Å². The van der Waals surface area contributed by atoms with Crippen molar-refractivity contribution < 1.29 is 28.6 Å². The number of nitrogens with zero attached hydrogens (tertiary/aromatic N) is 1. The molecular weight excluding hydrogens is 402 g/mol. The lowest BCUT2D eigenvalue weighted by Crippen LogP contribution is -2.32. The zero-order chi connectivity index (χ0) is 21.6. The summed E-state index contributed by atoms with van der Waals surface area (Å²) in [4.78, 5) is 38.3. The number of esters is 1. The minimum absolute atomic E-state index is 0.109. The molecule has 0 aliphatic carbocycles. The number of carbonyl (C=O) groups excluding carboxylic acids is 3. The molecule has 0 unspecified atom stereocenters. The fraction of sp³-hybridized carbons (Fsp3) is 0.318. The Morgan fingerprint density at radius 3 is 2.48 bits per heavy atom. The molecule has 31 heavy (non-hydrogen) atoms. The van der Waals surface area contributed by atoms with E-state index in [0.29, 0.717) is 22.7 Å². The van der Waals surface area contributed by atoms with Gasteiger partial charge in [0.1, 0.15) is 6.54 Å². The van der Waals surface area contributed by atoms with Crippen molar-refractivity contribution in [3.05, 3.63) is 48.0 Å². The second-order valence-electron chi connectivity index (χ2n) is 7.20. The fourth-order valence-electron chi connectivity index (χ4n) is 3.42. The van der Waals surface area contributed by atoms with Crippen molar-refractivity contribution in [2.24, 2.45) is 0 Å². The third-order valence-electron chi connectivity index (χ3n) is 5.01. The molecule has 0 aromatic heterocycles. The lowest BCUT2D eigenvalue weighted by Gasteiger charge is -2.17. The van der Waals surface area contributed by atoms with E-state index in [-0.39, 0.29) is 13.3 Å². The molecule has 162 valence electrons. The Morgan fingerprint density at radius 2 is 1.71 bits per heavy atom. The Labute approximate surface area is 179 Å². The molecule has 9 heteroatoms. The topological polar surface area (TPSA) is 106 Å². The van der Waals surface area contributed by atoms with Gasteiger partial charge >= 0.3 is 5.97 Å². The highest BCUT2D eigenvalue weighted by Crippen LogP contribution is 2.32. The number of ether oxygens (including phenoxy) is 3. The number of anilines is 2. The van der Waals surface area contributed by atoms with Crippen LogP contribution in [0.4, 0.5) is 11.4 Å². The standard InChI is InChI=1S/C22H23N3O6/c26-20(24-16-4-6-17(7-5-16)25-9-1-2-10-25)13-29-21(27)12-23-22(28)15-3-8-18-19(11-15)31-14-30-18/h3-8,11H,1-2,9-10,12-14H2,(H,23,28)(H,24,26). The monoisotopic (exact) mass is 425 g/mol. The van der Waals surface area contributed by atoms with Gasteiger partial charge in [-0.2, -0.15) is 0 Å². The first kappa shape index (κ1) is 20.5. The Kier molecular flexibility index (Phi) is 6.21. The van der Waals surface area contributed by atoms with Gasteiger partial charge in [-0.05, 0) is 55.3 Å². The highest BCUT2D eigenvalue weighted by Gasteiger charge is 2.17. The first-order valence-electron chi connectivity index (χ1n) is 10.1. The molecule has 0 saturated carbocycles. The number of amides is 2. The van der Waals surface area contributed by atoms with Crippen LogP contribution in [0.25, 0.3) is 0 Å². The second-order valence-corrected chi connectivity index (χ2v) is 7.20. The average Bonchev–Trinajstić information content (AvgIpc) is 3.48. The fourth-order valence-corrected chi connectivity index (χ4v) is 3.42. The number of fused-ring (bicyclic) bond motifs is 1. The minimum Gasteiger partial charge on any atom is -0.454 e. The number of rotatable bonds is 7. The van der Waals surface area contributed by atoms with Crippen LogP contribution in [0.3, 0.4) is 0 Å². The second kappa shape index (κ2) is 9.38. The SMILES string of the molecule is O=C(COC(=O)CNC(=O)c1ccc2c(c1)OCO2)Nc1ccc(N2CCCC2)cc1. The van der Waals surface area contributed by atoms with Crippen LogP contribution in [-0.2, 0) is 14.3 Å². The van der Waals surface area contributed by atoms with Gasteiger partial charge in [-0.25, -0.2) is 0 Å². The summed E-state index contributed by atoms with van der Waals surface area (Å²) in [5, 5.41) is 5.13. The Hall–Kier alpha value is -3.75. The smallest absolute Gasteiger partial charge is 0.325 e. The first-order valence-corrected chi connectivity index (χ1v) is 10.1. The highest BCUT2D eigenvalue weighted by atomic mass is 16.7. The molecule has 9 nitrogen and oxygen atoms in total. The largest absolute Gasteiger partial charge is 0.454 e. The number of hydrogen-bond acceptors (Lipinski definition) is 7. The zero-order valence-corrected chi connectivity index (χ0v) is 16.9. The van der Waals surface area contributed by atoms with E-state index in [1.165, 1.54) is 18.9 Å². The number of nitrogens with one attached hydrogen (secondary N) is 2. The predicted molar refractivity (Wildman–Crippen MR) is 112 cm³/mol. The van der Waals surface area contributed by atoms with Gasteiger partial charge in [0, 0.05) is 30.0 Å². The van der Waals surface area contributed by atoms with Gasteiger partial charge in [0.15, 0.2) is 18.1 Å². The molecule has 4 rings (SSSR count). The lowest BCUT2D eigenvalue weighted by atomic mass is 10.2. The molecule has 2 aromatic rings. The van der Waals surface area contributed by atoms with Crippen LogP contribution in [0.1, 0.15) is 23.2 Å². The predicted octanol–water partition coefficient (Wildman–Crippen LogP) is 1.93. The van der Waals surface area contributed by atoms with Crippen LogP contribution in [0.2, 0.25) is 0 Å². The summed E-state index contributed by atoms with van der Waals surface area (Å²) >= 11 is 0. The maximum atomic E-state index is 12.2. The Bertz CT molecular complexity index is 970. The molecule has 0 bridgehead atoms. The van der Waals surface area contributed by atoms with E-state index >= 15 is 0 Å². The van der Waals surface area contributed by atoms with Crippen molar-refractivity contribution in [1.29, 1.82) is 0 Å². The van der Waals surface area contributed by atoms with E-state index in [0.717, 1.165) is 18.8 Å². The average molecular weight is 425 g/mol. The van der Waals surface area contributed by atoms with Crippen LogP contribution >= 0.6 is 0 Å². The minimum atomic E-state index is -0.714. The molecule has 2 heterocycles. The van der Waals surface area contributed by atoms with Crippen LogP contribution in [0, 0.1) is 0 Å². The zero-order valence-electron chi connectivity index (χ0n) is 16.9. The summed E-state index contributed by atoms with van der Waals surface area (Å²) in [6.07, 6.45) is 2.39. The number of hydrogen-bond donors (Lipinski definition) is 2. The van der Waals surface area contributed by atoms with Gasteiger partial charge in [-0.3, -0.25) is 14.4 Å². The molecular formula is C22H23N3O6. The molecule has 2 amide bonds. The van der Waals surface area contributed by atoms with Gasteiger partial charge in [0.05, 0.1) is 0 Å². The van der Waals surface area contributed by atoms with E-state index < -0.39 is 24.4 Å². The van der Waals surface area contributed by atoms with Crippen molar-refractivity contribution >= 4 is 29.2 Å². The summed E-state index contributed by atoms with van der Waals surface area (Å²) < 4.78 is 15.3. The lowest BCUT2D eigenvalue weighted by molar-refractivity contribution is -0.146. The summed E-state index contributed by atoms with van der Waals surface area (Å²) in [6.45, 7) is 1.41. The first-order chi connectivity index (χ1) is 15.1. The van der Waals surface area contributed by atoms with Gasteiger partial charge in [-0.1, -0.05) is 0 Å². The molecule has 0 radical (unpaired) electrons. The maximum absolute atomic E-state index is 12.2. The summed E-state index contributed by atoms with van der Waals surface area (Å²) in [5.74, 6) is -0.594. The Morgan fingerprint density at radius 1 is 0.968 bits per heavy atom. The highest BCUT2D eigenvalue weighted by molar-refractivity contribution is 5.97. The van der Waals surface area contributed by atoms with Crippen molar-refractivity contribution in [1.82, 2.24) is 5.32 Å². The number of benzene rings is 2. The van der Waals surface area contributed by atoms with Crippen LogP contribution < -0.4 is 25.0 Å². The quantitative estimate of drug-likeness (QED) is 0.653. The van der Waals surface area contributed by atoms with E-state index in [9.17, 15) is 14.4 Å². The molecule has 2 aromatic carbocycles. The molecule has 0 spiro atoms. The van der Waals surface area contributed by atoms with Crippen molar-refractivity contribution in [3.8, 4) is 11.5 Å². The van der Waals surface area contributed by atoms with E-state index in [4.69, 9.17) is 14.2 Å². The third-order valence-corrected chi connectivity index (χ3v) is 5.01. The molecule has 1 fully saturated rings. The summed E-state index contributed by atoms with van der Waals surface area (Å²) in [5.41, 5.74) is 2.08. The van der Waals surface area contributed by atoms with Crippen LogP contribution in [0.15, 0.2) is 42.5 Å². The van der Waals surface area contributed by atoms with Crippen molar-refractivity contribution in [2.75, 3.05) is 43.3 Å². The van der Waals surface area contributed by atoms with E-state index in [1.807, 2.05) is 24.3 Å². The van der Waals surface area contributed by atoms with Crippen LogP contribution in [-0.4, -0.2) is 50.8 Å². The maximum Gasteiger partial charge on any atom is 0.325 e. The van der Waals surface area contributed by atoms with E-state index in [1.54, 1.807) is 12.1 Å². The Balaban J connectivity index is 1.18. The van der Waals surface area contributed by atoms with Crippen LogP contribution in [0.5, 0.6) is 11.5 Å². The number of carbonyl (C=O) groups is 3. The molecule has 1 saturated heterocycles. The van der Waals surface area contributed by atoms with Gasteiger partial charge < -0.3 is 29.7 Å². The normalized spacial score (nSPS) is 14.3.